The smallest absolute Gasteiger partial charge is 0.285 e. The van der Waals surface area contributed by atoms with E-state index in [1.54, 1.807) is 12.2 Å². The molecule has 0 radical (unpaired) electrons. The summed E-state index contributed by atoms with van der Waals surface area (Å²) in [6, 6.07) is 0. The molecule has 1 atom stereocenters. The molecule has 1 nitrogen and oxygen atoms in total. The van der Waals surface area contributed by atoms with Crippen LogP contribution in [0.25, 0.3) is 0 Å². The molecule has 0 rings (SSSR count). The lowest BCUT2D eigenvalue weighted by Crippen LogP contribution is -2.19. The molecule has 0 aromatic heterocycles. The maximum absolute atomic E-state index is 11.7. The highest BCUT2D eigenvalue weighted by Gasteiger charge is 2.30. The van der Waals surface area contributed by atoms with E-state index in [2.05, 4.69) is 4.74 Å². The molecule has 4 heteroatoms. The van der Waals surface area contributed by atoms with Crippen LogP contribution >= 0.6 is 0 Å². The summed E-state index contributed by atoms with van der Waals surface area (Å²) >= 11 is 0. The van der Waals surface area contributed by atoms with Gasteiger partial charge in [0, 0.05) is 0 Å². The van der Waals surface area contributed by atoms with Crippen molar-refractivity contribution in [2.24, 2.45) is 0 Å². The van der Waals surface area contributed by atoms with Crippen molar-refractivity contribution in [1.82, 2.24) is 0 Å². The standard InChI is InChI=1S/C10H15F3O/c1-4-8(2)6-5-7-9(3)14-10(11,12)13/h5-7,9H,4H2,1-3H3/b7-5-,8-6-. The summed E-state index contributed by atoms with van der Waals surface area (Å²) in [4.78, 5) is 0. The molecule has 0 bridgehead atoms. The van der Waals surface area contributed by atoms with E-state index in [4.69, 9.17) is 0 Å². The molecule has 1 unspecified atom stereocenters. The van der Waals surface area contributed by atoms with Gasteiger partial charge in [0.1, 0.15) is 0 Å². The number of rotatable bonds is 4. The zero-order chi connectivity index (χ0) is 11.2. The summed E-state index contributed by atoms with van der Waals surface area (Å²) in [5.74, 6) is 0. The van der Waals surface area contributed by atoms with E-state index >= 15 is 0 Å². The number of ether oxygens (including phenoxy) is 1. The molecule has 0 saturated heterocycles. The summed E-state index contributed by atoms with van der Waals surface area (Å²) in [5.41, 5.74) is 1.11. The van der Waals surface area contributed by atoms with Crippen molar-refractivity contribution in [2.45, 2.75) is 39.7 Å². The van der Waals surface area contributed by atoms with Crippen LogP contribution in [-0.2, 0) is 4.74 Å². The van der Waals surface area contributed by atoms with Crippen molar-refractivity contribution >= 4 is 0 Å². The first-order valence-electron chi connectivity index (χ1n) is 4.43. The van der Waals surface area contributed by atoms with Crippen LogP contribution in [0.15, 0.2) is 23.8 Å². The van der Waals surface area contributed by atoms with Gasteiger partial charge < -0.3 is 0 Å². The predicted octanol–water partition coefficient (Wildman–Crippen LogP) is 3.82. The molecular formula is C10H15F3O. The van der Waals surface area contributed by atoms with Gasteiger partial charge in [0.05, 0.1) is 6.10 Å². The van der Waals surface area contributed by atoms with E-state index in [0.717, 1.165) is 12.0 Å². The fourth-order valence-corrected chi connectivity index (χ4v) is 0.744. The van der Waals surface area contributed by atoms with Crippen LogP contribution < -0.4 is 0 Å². The first-order chi connectivity index (χ1) is 6.35. The average Bonchev–Trinajstić information content (AvgIpc) is 2.00. The van der Waals surface area contributed by atoms with Crippen LogP contribution in [0.3, 0.4) is 0 Å². The maximum Gasteiger partial charge on any atom is 0.523 e. The predicted molar refractivity (Wildman–Crippen MR) is 49.8 cm³/mol. The van der Waals surface area contributed by atoms with Gasteiger partial charge in [-0.3, -0.25) is 4.74 Å². The Kier molecular flexibility index (Phi) is 5.53. The fourth-order valence-electron chi connectivity index (χ4n) is 0.744. The number of hydrogen-bond acceptors (Lipinski definition) is 1. The van der Waals surface area contributed by atoms with E-state index < -0.39 is 12.5 Å². The minimum atomic E-state index is -4.56. The lowest BCUT2D eigenvalue weighted by Gasteiger charge is -2.10. The first kappa shape index (κ1) is 13.2. The molecular weight excluding hydrogens is 193 g/mol. The zero-order valence-corrected chi connectivity index (χ0v) is 8.56. The molecule has 0 N–H and O–H groups in total. The molecule has 0 spiro atoms. The third-order valence-electron chi connectivity index (χ3n) is 1.64. The Balaban J connectivity index is 4.00. The number of halogens is 3. The molecule has 0 aromatic rings. The Hall–Kier alpha value is -0.770. The van der Waals surface area contributed by atoms with Crippen LogP contribution in [0.5, 0.6) is 0 Å². The summed E-state index contributed by atoms with van der Waals surface area (Å²) in [5, 5.41) is 0. The van der Waals surface area contributed by atoms with E-state index in [1.807, 2.05) is 13.8 Å². The second-order valence-electron chi connectivity index (χ2n) is 3.02. The van der Waals surface area contributed by atoms with Crippen molar-refractivity contribution in [3.05, 3.63) is 23.8 Å². The van der Waals surface area contributed by atoms with Gasteiger partial charge in [0.2, 0.25) is 0 Å². The van der Waals surface area contributed by atoms with Crippen LogP contribution in [0, 0.1) is 0 Å². The van der Waals surface area contributed by atoms with Crippen molar-refractivity contribution < 1.29 is 17.9 Å². The summed E-state index contributed by atoms with van der Waals surface area (Å²) in [6.45, 7) is 5.24. The maximum atomic E-state index is 11.7. The van der Waals surface area contributed by atoms with Crippen molar-refractivity contribution in [3.8, 4) is 0 Å². The minimum absolute atomic E-state index is 0.888. The molecule has 0 aromatic carbocycles. The highest BCUT2D eigenvalue weighted by atomic mass is 19.4. The summed E-state index contributed by atoms with van der Waals surface area (Å²) in [6.07, 6.45) is 0.0976. The lowest BCUT2D eigenvalue weighted by atomic mass is 10.2. The SMILES string of the molecule is CC/C(C)=C\C=C/C(C)OC(F)(F)F. The normalized spacial score (nSPS) is 16.3. The molecule has 0 aliphatic rings. The number of alkyl halides is 3. The highest BCUT2D eigenvalue weighted by Crippen LogP contribution is 2.19. The van der Waals surface area contributed by atoms with E-state index in [0.29, 0.717) is 0 Å². The quantitative estimate of drug-likeness (QED) is 0.638. The second-order valence-corrected chi connectivity index (χ2v) is 3.02. The minimum Gasteiger partial charge on any atom is -0.285 e. The van der Waals surface area contributed by atoms with E-state index in [-0.39, 0.29) is 0 Å². The molecule has 0 saturated carbocycles. The van der Waals surface area contributed by atoms with E-state index in [9.17, 15) is 13.2 Å². The van der Waals surface area contributed by atoms with Gasteiger partial charge >= 0.3 is 6.36 Å². The highest BCUT2D eigenvalue weighted by molar-refractivity contribution is 5.11. The van der Waals surface area contributed by atoms with Crippen LogP contribution in [0.2, 0.25) is 0 Å². The molecule has 0 aliphatic heterocycles. The van der Waals surface area contributed by atoms with Gasteiger partial charge in [-0.15, -0.1) is 13.2 Å². The van der Waals surface area contributed by atoms with Crippen LogP contribution in [0.1, 0.15) is 27.2 Å². The lowest BCUT2D eigenvalue weighted by molar-refractivity contribution is -0.334. The molecule has 0 fully saturated rings. The second kappa shape index (κ2) is 5.86. The molecule has 0 amide bonds. The van der Waals surface area contributed by atoms with Crippen molar-refractivity contribution in [2.75, 3.05) is 0 Å². The third-order valence-corrected chi connectivity index (χ3v) is 1.64. The summed E-state index contributed by atoms with van der Waals surface area (Å²) < 4.78 is 38.8. The first-order valence-corrected chi connectivity index (χ1v) is 4.43. The number of allylic oxidation sites excluding steroid dienone is 3. The van der Waals surface area contributed by atoms with Gasteiger partial charge in [-0.2, -0.15) is 0 Å². The number of hydrogen-bond donors (Lipinski definition) is 0. The molecule has 82 valence electrons. The molecule has 14 heavy (non-hydrogen) atoms. The van der Waals surface area contributed by atoms with Gasteiger partial charge in [0.25, 0.3) is 0 Å². The Bertz CT molecular complexity index is 216. The Labute approximate surface area is 82.3 Å². The topological polar surface area (TPSA) is 9.23 Å². The Morgan fingerprint density at radius 1 is 1.43 bits per heavy atom. The monoisotopic (exact) mass is 208 g/mol. The summed E-state index contributed by atoms with van der Waals surface area (Å²) in [7, 11) is 0. The van der Waals surface area contributed by atoms with E-state index in [1.165, 1.54) is 13.0 Å². The average molecular weight is 208 g/mol. The van der Waals surface area contributed by atoms with Gasteiger partial charge in [-0.05, 0) is 20.3 Å². The molecule has 0 heterocycles. The molecule has 0 aliphatic carbocycles. The van der Waals surface area contributed by atoms with Crippen molar-refractivity contribution in [1.29, 1.82) is 0 Å². The largest absolute Gasteiger partial charge is 0.523 e. The Morgan fingerprint density at radius 3 is 2.43 bits per heavy atom. The fraction of sp³-hybridized carbons (Fsp3) is 0.600. The zero-order valence-electron chi connectivity index (χ0n) is 8.56. The van der Waals surface area contributed by atoms with Gasteiger partial charge in [-0.1, -0.05) is 30.7 Å². The third kappa shape index (κ3) is 7.86. The Morgan fingerprint density at radius 2 is 2.00 bits per heavy atom. The van der Waals surface area contributed by atoms with Gasteiger partial charge in [-0.25, -0.2) is 0 Å². The van der Waals surface area contributed by atoms with Gasteiger partial charge in [0.15, 0.2) is 0 Å². The van der Waals surface area contributed by atoms with Crippen molar-refractivity contribution in [3.63, 3.8) is 0 Å². The van der Waals surface area contributed by atoms with Crippen LogP contribution in [-0.4, -0.2) is 12.5 Å². The van der Waals surface area contributed by atoms with Crippen LogP contribution in [0.4, 0.5) is 13.2 Å².